The largest absolute Gasteiger partial charge is 0.282 e. The van der Waals surface area contributed by atoms with Crippen LogP contribution < -0.4 is 16.4 Å². The maximum atomic E-state index is 5.32. The highest BCUT2D eigenvalue weighted by molar-refractivity contribution is 6.96. The molecule has 4 heteroatoms. The summed E-state index contributed by atoms with van der Waals surface area (Å²) in [4.78, 5) is 10.6. The predicted octanol–water partition coefficient (Wildman–Crippen LogP) is 9.08. The van der Waals surface area contributed by atoms with Crippen LogP contribution in [-0.4, -0.2) is 21.2 Å². The number of hydrogen-bond donors (Lipinski definition) is 0. The van der Waals surface area contributed by atoms with E-state index in [4.69, 9.17) is 9.97 Å². The van der Waals surface area contributed by atoms with Gasteiger partial charge in [0.15, 0.2) is 0 Å². The second-order valence-corrected chi connectivity index (χ2v) is 14.1. The maximum absolute atomic E-state index is 5.32. The number of hydrogen-bond acceptors (Lipinski definition) is 2. The minimum absolute atomic E-state index is 0.122. The molecule has 1 aliphatic carbocycles. The van der Waals surface area contributed by atoms with Crippen LogP contribution in [0.1, 0.15) is 51.1 Å². The van der Waals surface area contributed by atoms with Crippen molar-refractivity contribution >= 4 is 40.1 Å². The van der Waals surface area contributed by atoms with Gasteiger partial charge in [0.1, 0.15) is 0 Å². The van der Waals surface area contributed by atoms with E-state index in [9.17, 15) is 0 Å². The molecule has 0 fully saturated rings. The Morgan fingerprint density at radius 3 is 1.72 bits per heavy atom. The average Bonchev–Trinajstić information content (AvgIpc) is 3.45. The molecule has 50 heavy (non-hydrogen) atoms. The lowest BCUT2D eigenvalue weighted by Crippen LogP contribution is -2.55. The molecule has 5 aromatic carbocycles. The van der Waals surface area contributed by atoms with Crippen molar-refractivity contribution in [3.8, 4) is 28.5 Å². The van der Waals surface area contributed by atoms with Crippen molar-refractivity contribution in [2.45, 2.75) is 54.4 Å². The summed E-state index contributed by atoms with van der Waals surface area (Å²) in [7, 11) is 0. The average molecular weight is 648 g/mol. The Labute approximate surface area is 296 Å². The fourth-order valence-corrected chi connectivity index (χ4v) is 8.46. The third-order valence-electron chi connectivity index (χ3n) is 10.4. The highest BCUT2D eigenvalue weighted by Crippen LogP contribution is 2.34. The lowest BCUT2D eigenvalue weighted by atomic mass is 9.34. The maximum Gasteiger partial charge on any atom is 0.242 e. The predicted molar refractivity (Wildman–Crippen MR) is 213 cm³/mol. The quantitative estimate of drug-likeness (QED) is 0.169. The van der Waals surface area contributed by atoms with Gasteiger partial charge < -0.3 is 0 Å². The summed E-state index contributed by atoms with van der Waals surface area (Å²) in [6.45, 7) is 13.6. The van der Waals surface area contributed by atoms with E-state index in [1.54, 1.807) is 0 Å². The van der Waals surface area contributed by atoms with Gasteiger partial charge in [-0.1, -0.05) is 159 Å². The molecule has 0 aliphatic heterocycles. The number of aryl methyl sites for hydroxylation is 6. The molecule has 0 unspecified atom stereocenters. The standard InChI is InChI=1S/C46H42BN3/c1-29-24-31(3)44(32(4)25-29)47(45-33(5)26-30(2)27-34(45)6)37-22-20-36(21-23-37)41-28-40(35-14-8-7-9-15-35)48-46(49-41)50-42-18-12-10-16-38(42)39-17-11-13-19-43(39)50/h7-12,14-18,20-28H,13,19H2,1-6H3. The Kier molecular flexibility index (Phi) is 8.11. The number of nitrogens with zero attached hydrogens (tertiary/aromatic N) is 3. The van der Waals surface area contributed by atoms with Crippen LogP contribution in [0.15, 0.2) is 115 Å². The first-order valence-corrected chi connectivity index (χ1v) is 17.8. The van der Waals surface area contributed by atoms with Gasteiger partial charge in [0.2, 0.25) is 12.7 Å². The van der Waals surface area contributed by atoms with Crippen LogP contribution in [-0.2, 0) is 6.42 Å². The van der Waals surface area contributed by atoms with Gasteiger partial charge in [-0.15, -0.1) is 0 Å². The normalized spacial score (nSPS) is 12.4. The van der Waals surface area contributed by atoms with Gasteiger partial charge in [-0.2, -0.15) is 0 Å². The van der Waals surface area contributed by atoms with Crippen molar-refractivity contribution in [2.75, 3.05) is 0 Å². The van der Waals surface area contributed by atoms with Crippen LogP contribution in [0, 0.1) is 41.5 Å². The second kappa shape index (κ2) is 12.8. The van der Waals surface area contributed by atoms with Gasteiger partial charge in [0.05, 0.1) is 16.9 Å². The van der Waals surface area contributed by atoms with Crippen LogP contribution in [0.4, 0.5) is 0 Å². The van der Waals surface area contributed by atoms with Gasteiger partial charge in [0, 0.05) is 27.8 Å². The molecule has 0 bridgehead atoms. The van der Waals surface area contributed by atoms with Gasteiger partial charge >= 0.3 is 0 Å². The van der Waals surface area contributed by atoms with Crippen LogP contribution in [0.25, 0.3) is 45.4 Å². The van der Waals surface area contributed by atoms with Crippen LogP contribution in [0.3, 0.4) is 0 Å². The highest BCUT2D eigenvalue weighted by atomic mass is 15.2. The topological polar surface area (TPSA) is 30.7 Å². The van der Waals surface area contributed by atoms with Crippen LogP contribution in [0.5, 0.6) is 0 Å². The summed E-state index contributed by atoms with van der Waals surface area (Å²) in [5.41, 5.74) is 19.7. The molecule has 0 N–H and O–H groups in total. The number of rotatable bonds is 6. The minimum atomic E-state index is 0.122. The van der Waals surface area contributed by atoms with Crippen molar-refractivity contribution in [2.24, 2.45) is 0 Å². The van der Waals surface area contributed by atoms with Gasteiger partial charge in [-0.3, -0.25) is 4.57 Å². The monoisotopic (exact) mass is 647 g/mol. The molecule has 0 saturated heterocycles. The molecule has 8 rings (SSSR count). The van der Waals surface area contributed by atoms with Crippen molar-refractivity contribution < 1.29 is 0 Å². The Hall–Kier alpha value is -5.48. The summed E-state index contributed by atoms with van der Waals surface area (Å²) in [5.74, 6) is 0.716. The first kappa shape index (κ1) is 31.8. The zero-order valence-corrected chi connectivity index (χ0v) is 29.9. The lowest BCUT2D eigenvalue weighted by Gasteiger charge is -2.24. The smallest absolute Gasteiger partial charge is 0.242 e. The molecule has 2 aromatic heterocycles. The second-order valence-electron chi connectivity index (χ2n) is 14.1. The molecule has 1 aliphatic rings. The summed E-state index contributed by atoms with van der Waals surface area (Å²) >= 11 is 0. The fraction of sp³-hybridized carbons (Fsp3) is 0.174. The molecular weight excluding hydrogens is 605 g/mol. The minimum Gasteiger partial charge on any atom is -0.282 e. The van der Waals surface area contributed by atoms with Crippen molar-refractivity contribution in [1.82, 2.24) is 14.5 Å². The van der Waals surface area contributed by atoms with E-state index in [0.717, 1.165) is 40.9 Å². The number of para-hydroxylation sites is 1. The molecule has 0 radical (unpaired) electrons. The Balaban J connectivity index is 1.30. The molecule has 3 nitrogen and oxygen atoms in total. The SMILES string of the molecule is Cc1cc(C)c(B(c2ccc(-c3cc(-c4ccccc4)nc(-n4c5c(c6ccccc64)C=CCC5)n3)cc2)c2c(C)cc(C)cc2C)c(C)c1. The first-order chi connectivity index (χ1) is 24.3. The van der Waals surface area contributed by atoms with Crippen molar-refractivity contribution in [3.63, 3.8) is 0 Å². The highest BCUT2D eigenvalue weighted by Gasteiger charge is 2.29. The number of fused-ring (bicyclic) bond motifs is 3. The molecule has 0 atom stereocenters. The fourth-order valence-electron chi connectivity index (χ4n) is 8.46. The summed E-state index contributed by atoms with van der Waals surface area (Å²) in [5, 5.41) is 1.24. The van der Waals surface area contributed by atoms with E-state index < -0.39 is 0 Å². The molecule has 0 amide bonds. The van der Waals surface area contributed by atoms with Gasteiger partial charge in [0.25, 0.3) is 0 Å². The van der Waals surface area contributed by atoms with Crippen LogP contribution >= 0.6 is 0 Å². The number of aromatic nitrogens is 3. The molecule has 0 saturated carbocycles. The zero-order chi connectivity index (χ0) is 34.5. The summed E-state index contributed by atoms with van der Waals surface area (Å²) in [6, 6.07) is 39.7. The van der Waals surface area contributed by atoms with E-state index in [2.05, 4.69) is 167 Å². The zero-order valence-electron chi connectivity index (χ0n) is 29.9. The van der Waals surface area contributed by atoms with E-state index in [1.807, 2.05) is 0 Å². The molecule has 244 valence electrons. The molecule has 7 aromatic rings. The summed E-state index contributed by atoms with van der Waals surface area (Å²) < 4.78 is 2.29. The van der Waals surface area contributed by atoms with E-state index >= 15 is 0 Å². The van der Waals surface area contributed by atoms with Crippen molar-refractivity contribution in [3.05, 3.63) is 160 Å². The van der Waals surface area contributed by atoms with E-state index in [-0.39, 0.29) is 6.71 Å². The number of benzene rings is 5. The Morgan fingerprint density at radius 2 is 1.12 bits per heavy atom. The summed E-state index contributed by atoms with van der Waals surface area (Å²) in [6.07, 6.45) is 6.51. The molecule has 2 heterocycles. The third-order valence-corrected chi connectivity index (χ3v) is 10.4. The van der Waals surface area contributed by atoms with Crippen LogP contribution in [0.2, 0.25) is 0 Å². The van der Waals surface area contributed by atoms with Crippen molar-refractivity contribution in [1.29, 1.82) is 0 Å². The Bertz CT molecular complexity index is 2330. The Morgan fingerprint density at radius 1 is 0.580 bits per heavy atom. The first-order valence-electron chi connectivity index (χ1n) is 17.8. The third kappa shape index (κ3) is 5.59. The van der Waals surface area contributed by atoms with Gasteiger partial charge in [-0.05, 0) is 66.5 Å². The van der Waals surface area contributed by atoms with E-state index in [0.29, 0.717) is 5.95 Å². The lowest BCUT2D eigenvalue weighted by molar-refractivity contribution is 0.848. The van der Waals surface area contributed by atoms with Gasteiger partial charge in [-0.25, -0.2) is 9.97 Å². The number of allylic oxidation sites excluding steroid dienone is 1. The molecular formula is C46H42BN3. The van der Waals surface area contributed by atoms with E-state index in [1.165, 1.54) is 66.4 Å². The molecule has 0 spiro atoms.